The predicted molar refractivity (Wildman–Crippen MR) is 100 cm³/mol. The number of carbonyl (C=O) groups is 1. The topological polar surface area (TPSA) is 39.2 Å². The average molecular weight is 348 g/mol. The van der Waals surface area contributed by atoms with E-state index in [0.717, 1.165) is 27.4 Å². The van der Waals surface area contributed by atoms with Crippen molar-refractivity contribution in [3.8, 4) is 5.75 Å². The molecular weight excluding hydrogens is 334 g/mol. The first-order chi connectivity index (χ1) is 12.1. The molecule has 0 unspecified atom stereocenters. The summed E-state index contributed by atoms with van der Waals surface area (Å²) in [6.45, 7) is 1.86. The van der Waals surface area contributed by atoms with Crippen LogP contribution in [0.15, 0.2) is 66.7 Å². The largest absolute Gasteiger partial charge is 0.421 e. The normalized spacial score (nSPS) is 11.0. The summed E-state index contributed by atoms with van der Waals surface area (Å²) in [7, 11) is 0. The van der Waals surface area contributed by atoms with Gasteiger partial charge < -0.3 is 4.74 Å². The quantitative estimate of drug-likeness (QED) is 0.270. The second-order valence-electron chi connectivity index (χ2n) is 5.80. The van der Waals surface area contributed by atoms with E-state index in [9.17, 15) is 4.79 Å². The van der Waals surface area contributed by atoms with E-state index in [1.807, 2.05) is 67.6 Å². The number of para-hydroxylation sites is 3. The van der Waals surface area contributed by atoms with Gasteiger partial charge in [0.2, 0.25) is 0 Å². The fraction of sp³-hybridized carbons (Fsp3) is 0.0476. The number of benzene rings is 3. The van der Waals surface area contributed by atoms with Crippen LogP contribution in [0.3, 0.4) is 0 Å². The number of rotatable bonds is 2. The molecule has 122 valence electrons. The van der Waals surface area contributed by atoms with Gasteiger partial charge in [-0.25, -0.2) is 9.78 Å². The van der Waals surface area contributed by atoms with Gasteiger partial charge >= 0.3 is 5.97 Å². The number of aryl methyl sites for hydroxylation is 1. The summed E-state index contributed by atoms with van der Waals surface area (Å²) >= 11 is 6.21. The van der Waals surface area contributed by atoms with Crippen LogP contribution in [-0.2, 0) is 0 Å². The molecule has 1 heterocycles. The minimum atomic E-state index is -0.439. The SMILES string of the molecule is Cc1cccc(Cl)c1OC(=O)c1c2ccccc2nc2ccccc12. The van der Waals surface area contributed by atoms with Crippen LogP contribution in [0.5, 0.6) is 5.75 Å². The van der Waals surface area contributed by atoms with Crippen LogP contribution in [0.1, 0.15) is 15.9 Å². The van der Waals surface area contributed by atoms with E-state index in [-0.39, 0.29) is 0 Å². The molecule has 0 spiro atoms. The molecule has 25 heavy (non-hydrogen) atoms. The van der Waals surface area contributed by atoms with Crippen molar-refractivity contribution < 1.29 is 9.53 Å². The molecular formula is C21H14ClNO2. The lowest BCUT2D eigenvalue weighted by molar-refractivity contribution is 0.0737. The number of ether oxygens (including phenoxy) is 1. The summed E-state index contributed by atoms with van der Waals surface area (Å²) in [5.41, 5.74) is 2.82. The van der Waals surface area contributed by atoms with Crippen molar-refractivity contribution >= 4 is 39.4 Å². The third-order valence-electron chi connectivity index (χ3n) is 4.15. The Hall–Kier alpha value is -2.91. The predicted octanol–water partition coefficient (Wildman–Crippen LogP) is 5.57. The highest BCUT2D eigenvalue weighted by Crippen LogP contribution is 2.31. The minimum Gasteiger partial charge on any atom is -0.421 e. The Morgan fingerprint density at radius 3 is 2.08 bits per heavy atom. The lowest BCUT2D eigenvalue weighted by atomic mass is 10.0. The third-order valence-corrected chi connectivity index (χ3v) is 4.45. The van der Waals surface area contributed by atoms with Gasteiger partial charge in [0.05, 0.1) is 21.6 Å². The lowest BCUT2D eigenvalue weighted by Crippen LogP contribution is -2.11. The number of aromatic nitrogens is 1. The highest BCUT2D eigenvalue weighted by molar-refractivity contribution is 6.32. The Morgan fingerprint density at radius 2 is 1.48 bits per heavy atom. The molecule has 1 aromatic heterocycles. The monoisotopic (exact) mass is 347 g/mol. The van der Waals surface area contributed by atoms with E-state index in [1.165, 1.54) is 0 Å². The number of fused-ring (bicyclic) bond motifs is 2. The molecule has 0 radical (unpaired) electrons. The first-order valence-corrected chi connectivity index (χ1v) is 8.28. The average Bonchev–Trinajstić information content (AvgIpc) is 2.62. The summed E-state index contributed by atoms with van der Waals surface area (Å²) in [6.07, 6.45) is 0. The number of hydrogen-bond acceptors (Lipinski definition) is 3. The summed E-state index contributed by atoms with van der Waals surface area (Å²) in [5, 5.41) is 1.93. The number of carbonyl (C=O) groups excluding carboxylic acids is 1. The van der Waals surface area contributed by atoms with E-state index < -0.39 is 5.97 Å². The van der Waals surface area contributed by atoms with E-state index in [2.05, 4.69) is 4.98 Å². The Balaban J connectivity index is 1.93. The van der Waals surface area contributed by atoms with Gasteiger partial charge in [0.15, 0.2) is 5.75 Å². The van der Waals surface area contributed by atoms with E-state index in [4.69, 9.17) is 16.3 Å². The maximum absolute atomic E-state index is 13.0. The van der Waals surface area contributed by atoms with Gasteiger partial charge in [0.25, 0.3) is 0 Å². The van der Waals surface area contributed by atoms with Crippen LogP contribution in [0, 0.1) is 6.92 Å². The van der Waals surface area contributed by atoms with Gasteiger partial charge in [0, 0.05) is 10.8 Å². The number of halogens is 1. The van der Waals surface area contributed by atoms with Gasteiger partial charge in [-0.15, -0.1) is 0 Å². The molecule has 4 rings (SSSR count). The van der Waals surface area contributed by atoms with E-state index >= 15 is 0 Å². The van der Waals surface area contributed by atoms with Gasteiger partial charge in [-0.1, -0.05) is 60.1 Å². The molecule has 0 atom stereocenters. The number of pyridine rings is 1. The zero-order valence-corrected chi connectivity index (χ0v) is 14.2. The molecule has 4 aromatic rings. The minimum absolute atomic E-state index is 0.388. The molecule has 0 amide bonds. The maximum atomic E-state index is 13.0. The first-order valence-electron chi connectivity index (χ1n) is 7.90. The molecule has 0 saturated carbocycles. The highest BCUT2D eigenvalue weighted by atomic mass is 35.5. The highest BCUT2D eigenvalue weighted by Gasteiger charge is 2.19. The van der Waals surface area contributed by atoms with Crippen molar-refractivity contribution in [1.82, 2.24) is 4.98 Å². The van der Waals surface area contributed by atoms with Crippen molar-refractivity contribution in [2.45, 2.75) is 6.92 Å². The molecule has 0 N–H and O–H groups in total. The Bertz CT molecular complexity index is 1050. The van der Waals surface area contributed by atoms with Gasteiger partial charge in [-0.05, 0) is 30.7 Å². The van der Waals surface area contributed by atoms with Crippen molar-refractivity contribution in [3.63, 3.8) is 0 Å². The van der Waals surface area contributed by atoms with Crippen LogP contribution in [0.2, 0.25) is 5.02 Å². The van der Waals surface area contributed by atoms with Crippen LogP contribution in [0.4, 0.5) is 0 Å². The van der Waals surface area contributed by atoms with Crippen molar-refractivity contribution in [2.75, 3.05) is 0 Å². The summed E-state index contributed by atoms with van der Waals surface area (Å²) in [4.78, 5) is 17.7. The smallest absolute Gasteiger partial charge is 0.344 e. The molecule has 4 heteroatoms. The molecule has 3 nitrogen and oxygen atoms in total. The molecule has 0 aliphatic heterocycles. The molecule has 3 aromatic carbocycles. The summed E-state index contributed by atoms with van der Waals surface area (Å²) < 4.78 is 5.68. The fourth-order valence-corrected chi connectivity index (χ4v) is 3.21. The van der Waals surface area contributed by atoms with E-state index in [1.54, 1.807) is 6.07 Å². The van der Waals surface area contributed by atoms with Crippen LogP contribution in [-0.4, -0.2) is 11.0 Å². The van der Waals surface area contributed by atoms with Gasteiger partial charge in [-0.3, -0.25) is 0 Å². The molecule has 0 aliphatic carbocycles. The van der Waals surface area contributed by atoms with Crippen LogP contribution >= 0.6 is 11.6 Å². The zero-order chi connectivity index (χ0) is 17.4. The maximum Gasteiger partial charge on any atom is 0.344 e. The molecule has 0 fully saturated rings. The van der Waals surface area contributed by atoms with Crippen molar-refractivity contribution in [2.24, 2.45) is 0 Å². The molecule has 0 aliphatic rings. The second kappa shape index (κ2) is 6.19. The van der Waals surface area contributed by atoms with Gasteiger partial charge in [0.1, 0.15) is 0 Å². The Morgan fingerprint density at radius 1 is 0.880 bits per heavy atom. The molecule has 0 saturated heterocycles. The van der Waals surface area contributed by atoms with Crippen molar-refractivity contribution in [3.05, 3.63) is 82.9 Å². The lowest BCUT2D eigenvalue weighted by Gasteiger charge is -2.12. The Kier molecular flexibility index (Phi) is 3.86. The first kappa shape index (κ1) is 15.6. The second-order valence-corrected chi connectivity index (χ2v) is 6.20. The standard InChI is InChI=1S/C21H14ClNO2/c1-13-7-6-10-16(22)20(13)25-21(24)19-14-8-2-4-11-17(14)23-18-12-5-3-9-15(18)19/h2-12H,1H3. The molecule has 0 bridgehead atoms. The zero-order valence-electron chi connectivity index (χ0n) is 13.5. The summed E-state index contributed by atoms with van der Waals surface area (Å²) in [6, 6.07) is 20.5. The van der Waals surface area contributed by atoms with E-state index in [0.29, 0.717) is 16.3 Å². The van der Waals surface area contributed by atoms with Gasteiger partial charge in [-0.2, -0.15) is 0 Å². The Labute approximate surface area is 149 Å². The number of esters is 1. The third kappa shape index (κ3) is 2.73. The summed E-state index contributed by atoms with van der Waals surface area (Å²) in [5.74, 6) is -0.0508. The van der Waals surface area contributed by atoms with Crippen LogP contribution < -0.4 is 4.74 Å². The van der Waals surface area contributed by atoms with Crippen molar-refractivity contribution in [1.29, 1.82) is 0 Å². The number of nitrogens with zero attached hydrogens (tertiary/aromatic N) is 1. The fourth-order valence-electron chi connectivity index (χ4n) is 2.95. The van der Waals surface area contributed by atoms with Crippen LogP contribution in [0.25, 0.3) is 21.8 Å². The number of hydrogen-bond donors (Lipinski definition) is 0.